The number of hydrogen-bond donors (Lipinski definition) is 4. The Morgan fingerprint density at radius 1 is 0.441 bits per heavy atom. The summed E-state index contributed by atoms with van der Waals surface area (Å²) in [7, 11) is 0. The van der Waals surface area contributed by atoms with E-state index in [9.17, 15) is 38.4 Å². The Morgan fingerprint density at radius 3 is 0.983 bits per heavy atom. The summed E-state index contributed by atoms with van der Waals surface area (Å²) in [5.41, 5.74) is 22.0. The zero-order chi connectivity index (χ0) is 46.3. The third-order valence-corrected chi connectivity index (χ3v) is 8.98. The molecule has 0 saturated heterocycles. The first-order chi connectivity index (χ1) is 26.9. The van der Waals surface area contributed by atoms with Crippen molar-refractivity contribution in [3.8, 4) is 0 Å². The molecule has 0 saturated carbocycles. The fraction of sp³-hybridized carbons (Fsp3) is 0.800. The molecule has 19 heteroatoms. The van der Waals surface area contributed by atoms with Crippen LogP contribution in [0.25, 0.3) is 0 Å². The maximum atomic E-state index is 14.2. The van der Waals surface area contributed by atoms with Gasteiger partial charge in [0.05, 0.1) is 12.8 Å². The molecule has 0 radical (unpaired) electrons. The SMILES string of the molecule is CC[C@H](C)[C@H](N)C(=O)OC(CC(=O)OC(C)(C)C)C(OC(=O)[C@@H](N)[C@@H](C)CC)C(=O)OC(=O)C(OC(=O)[C@@H](N)C(C)C)C(CC(=O)OC(C)(C)C)OC(=O)[C@@H](N)C(C)C. The topological polar surface area (TPSA) is 305 Å². The van der Waals surface area contributed by atoms with Gasteiger partial charge in [-0.15, -0.1) is 0 Å². The quantitative estimate of drug-likeness (QED) is 0.0687. The van der Waals surface area contributed by atoms with E-state index in [0.29, 0.717) is 12.8 Å². The minimum absolute atomic E-state index is 0.383. The standard InChI is InChI=1S/C40H70N4O15/c1-15-21(7)29(43)35(49)54-24(18-26(46)59-40(12,13)14)32(56-36(50)30(44)22(8)16-2)38(52)57-37(51)31(55-34(48)28(42)20(5)6)23(17-25(45)58-39(9,10)11)53-33(47)27(41)19(3)4/h19-24,27-32H,15-18,41-44H2,1-14H3/t21-,22-,23?,24?,27-,28-,29-,30-,31?,32?/m0/s1. The Bertz CT molecular complexity index is 1460. The van der Waals surface area contributed by atoms with Crippen molar-refractivity contribution in [3.05, 3.63) is 0 Å². The number of hydrogen-bond acceptors (Lipinski definition) is 19. The lowest BCUT2D eigenvalue weighted by Gasteiger charge is -2.30. The number of nitrogens with two attached hydrogens (primary N) is 4. The molecule has 0 spiro atoms. The van der Waals surface area contributed by atoms with E-state index in [0.717, 1.165) is 0 Å². The van der Waals surface area contributed by atoms with Crippen molar-refractivity contribution in [2.24, 2.45) is 46.6 Å². The largest absolute Gasteiger partial charge is 0.460 e. The lowest BCUT2D eigenvalue weighted by atomic mass is 9.99. The molecule has 10 atom stereocenters. The molecular formula is C40H70N4O15. The normalized spacial score (nSPS) is 17.1. The molecule has 340 valence electrons. The van der Waals surface area contributed by atoms with Gasteiger partial charge in [-0.25, -0.2) is 9.59 Å². The maximum absolute atomic E-state index is 14.2. The number of esters is 8. The smallest absolute Gasteiger partial charge is 0.359 e. The molecule has 0 aromatic carbocycles. The van der Waals surface area contributed by atoms with Crippen molar-refractivity contribution in [1.29, 1.82) is 0 Å². The summed E-state index contributed by atoms with van der Waals surface area (Å²) in [6.07, 6.45) is -9.93. The van der Waals surface area contributed by atoms with Gasteiger partial charge >= 0.3 is 47.8 Å². The van der Waals surface area contributed by atoms with Crippen molar-refractivity contribution in [3.63, 3.8) is 0 Å². The molecule has 19 nitrogen and oxygen atoms in total. The molecule has 0 rings (SSSR count). The lowest BCUT2D eigenvalue weighted by molar-refractivity contribution is -0.197. The predicted molar refractivity (Wildman–Crippen MR) is 212 cm³/mol. The van der Waals surface area contributed by atoms with Gasteiger partial charge in [0, 0.05) is 0 Å². The second kappa shape index (κ2) is 24.2. The zero-order valence-electron chi connectivity index (χ0n) is 37.2. The molecular weight excluding hydrogens is 776 g/mol. The van der Waals surface area contributed by atoms with E-state index in [-0.39, 0.29) is 0 Å². The van der Waals surface area contributed by atoms with Crippen LogP contribution < -0.4 is 22.9 Å². The van der Waals surface area contributed by atoms with Gasteiger partial charge in [-0.05, 0) is 65.2 Å². The van der Waals surface area contributed by atoms with E-state index >= 15 is 0 Å². The third-order valence-electron chi connectivity index (χ3n) is 8.98. The molecule has 0 aromatic rings. The summed E-state index contributed by atoms with van der Waals surface area (Å²) in [5.74, 6) is -12.3. The third kappa shape index (κ3) is 19.6. The molecule has 0 aromatic heterocycles. The fourth-order valence-corrected chi connectivity index (χ4v) is 4.66. The van der Waals surface area contributed by atoms with Crippen LogP contribution in [0.4, 0.5) is 0 Å². The van der Waals surface area contributed by atoms with E-state index in [2.05, 4.69) is 0 Å². The first kappa shape index (κ1) is 54.8. The van der Waals surface area contributed by atoms with E-state index in [4.69, 9.17) is 56.1 Å². The van der Waals surface area contributed by atoms with Crippen molar-refractivity contribution in [2.75, 3.05) is 0 Å². The average molecular weight is 847 g/mol. The van der Waals surface area contributed by atoms with Crippen LogP contribution in [-0.4, -0.2) is 108 Å². The molecule has 0 amide bonds. The van der Waals surface area contributed by atoms with E-state index in [1.165, 1.54) is 20.8 Å². The maximum Gasteiger partial charge on any atom is 0.359 e. The van der Waals surface area contributed by atoms with Crippen LogP contribution in [-0.2, 0) is 71.5 Å². The molecule has 0 heterocycles. The molecule has 0 aliphatic carbocycles. The van der Waals surface area contributed by atoms with Gasteiger partial charge < -0.3 is 56.1 Å². The highest BCUT2D eigenvalue weighted by molar-refractivity contribution is 5.94. The molecule has 0 bridgehead atoms. The van der Waals surface area contributed by atoms with Gasteiger partial charge in [-0.2, -0.15) is 0 Å². The van der Waals surface area contributed by atoms with Crippen LogP contribution >= 0.6 is 0 Å². The Balaban J connectivity index is 7.58. The number of rotatable bonds is 22. The van der Waals surface area contributed by atoms with E-state index < -0.39 is 144 Å². The molecule has 8 N–H and O–H groups in total. The summed E-state index contributed by atoms with van der Waals surface area (Å²) in [5, 5.41) is 0. The van der Waals surface area contributed by atoms with Gasteiger partial charge in [0.25, 0.3) is 0 Å². The van der Waals surface area contributed by atoms with Gasteiger partial charge in [-0.1, -0.05) is 68.2 Å². The first-order valence-electron chi connectivity index (χ1n) is 19.9. The van der Waals surface area contributed by atoms with Gasteiger partial charge in [0.15, 0.2) is 12.2 Å². The summed E-state index contributed by atoms with van der Waals surface area (Å²) in [6, 6.07) is -5.32. The zero-order valence-corrected chi connectivity index (χ0v) is 37.2. The number of ether oxygens (including phenoxy) is 7. The van der Waals surface area contributed by atoms with E-state index in [1.54, 1.807) is 76.2 Å². The average Bonchev–Trinajstić information content (AvgIpc) is 3.11. The van der Waals surface area contributed by atoms with Crippen molar-refractivity contribution in [1.82, 2.24) is 0 Å². The summed E-state index contributed by atoms with van der Waals surface area (Å²) in [4.78, 5) is 108. The Hall–Kier alpha value is -4.20. The molecule has 0 aliphatic rings. The fourth-order valence-electron chi connectivity index (χ4n) is 4.66. The van der Waals surface area contributed by atoms with Crippen LogP contribution in [0.1, 0.15) is 123 Å². The van der Waals surface area contributed by atoms with Crippen LogP contribution in [0.3, 0.4) is 0 Å². The van der Waals surface area contributed by atoms with Crippen LogP contribution in [0.15, 0.2) is 0 Å². The van der Waals surface area contributed by atoms with Crippen molar-refractivity contribution >= 4 is 47.8 Å². The van der Waals surface area contributed by atoms with Crippen LogP contribution in [0, 0.1) is 23.7 Å². The van der Waals surface area contributed by atoms with Crippen molar-refractivity contribution < 1.29 is 71.5 Å². The second-order valence-electron chi connectivity index (χ2n) is 17.3. The Labute approximate surface area is 347 Å². The first-order valence-corrected chi connectivity index (χ1v) is 19.9. The van der Waals surface area contributed by atoms with Gasteiger partial charge in [-0.3, -0.25) is 28.8 Å². The molecule has 0 fully saturated rings. The molecule has 4 unspecified atom stereocenters. The highest BCUT2D eigenvalue weighted by Crippen LogP contribution is 2.23. The van der Waals surface area contributed by atoms with Crippen LogP contribution in [0.2, 0.25) is 0 Å². The van der Waals surface area contributed by atoms with Gasteiger partial charge in [0.2, 0.25) is 12.2 Å². The van der Waals surface area contributed by atoms with Crippen LogP contribution in [0.5, 0.6) is 0 Å². The highest BCUT2D eigenvalue weighted by Gasteiger charge is 2.46. The second-order valence-corrected chi connectivity index (χ2v) is 17.3. The summed E-state index contributed by atoms with van der Waals surface area (Å²) in [6.45, 7) is 22.3. The Morgan fingerprint density at radius 2 is 0.712 bits per heavy atom. The highest BCUT2D eigenvalue weighted by atomic mass is 16.7. The lowest BCUT2D eigenvalue weighted by Crippen LogP contribution is -2.52. The number of carbonyl (C=O) groups is 8. The monoisotopic (exact) mass is 846 g/mol. The minimum Gasteiger partial charge on any atom is -0.460 e. The number of carbonyl (C=O) groups excluding carboxylic acids is 8. The summed E-state index contributed by atoms with van der Waals surface area (Å²) < 4.78 is 37.8. The summed E-state index contributed by atoms with van der Waals surface area (Å²) >= 11 is 0. The van der Waals surface area contributed by atoms with Crippen molar-refractivity contribution in [2.45, 2.75) is 182 Å². The minimum atomic E-state index is -2.41. The molecule has 0 aliphatic heterocycles. The molecule has 59 heavy (non-hydrogen) atoms. The predicted octanol–water partition coefficient (Wildman–Crippen LogP) is 1.88. The van der Waals surface area contributed by atoms with Gasteiger partial charge in [0.1, 0.15) is 35.4 Å². The Kier molecular flexibility index (Phi) is 22.4. The van der Waals surface area contributed by atoms with E-state index in [1.807, 2.05) is 0 Å².